The van der Waals surface area contributed by atoms with Crippen LogP contribution in [0.3, 0.4) is 0 Å². The van der Waals surface area contributed by atoms with Crippen LogP contribution in [-0.2, 0) is 19.7 Å². The highest BCUT2D eigenvalue weighted by Crippen LogP contribution is 1.85. The van der Waals surface area contributed by atoms with E-state index in [-0.39, 0.29) is 6.61 Å². The Kier molecular flexibility index (Phi) is 5.71. The van der Waals surface area contributed by atoms with Gasteiger partial charge >= 0.3 is 22.3 Å². The van der Waals surface area contributed by atoms with E-state index >= 15 is 0 Å². The Hall–Kier alpha value is -1.39. The zero-order valence-corrected chi connectivity index (χ0v) is 9.15. The van der Waals surface area contributed by atoms with Crippen LogP contribution in [0.15, 0.2) is 0 Å². The van der Waals surface area contributed by atoms with Crippen LogP contribution in [0.4, 0.5) is 4.79 Å². The molecule has 0 spiro atoms. The van der Waals surface area contributed by atoms with Crippen LogP contribution in [0.25, 0.3) is 0 Å². The summed E-state index contributed by atoms with van der Waals surface area (Å²) in [6.07, 6.45) is -3.08. The summed E-state index contributed by atoms with van der Waals surface area (Å²) in [6, 6.07) is 0. The highest BCUT2D eigenvalue weighted by atomic mass is 32.2. The molecular weight excluding hydrogens is 244 g/mol. The van der Waals surface area contributed by atoms with Crippen molar-refractivity contribution in [2.75, 3.05) is 13.2 Å². The lowest BCUT2D eigenvalue weighted by atomic mass is 10.4. The van der Waals surface area contributed by atoms with Gasteiger partial charge in [-0.05, 0) is 6.92 Å². The lowest BCUT2D eigenvalue weighted by molar-refractivity contribution is -0.146. The summed E-state index contributed by atoms with van der Waals surface area (Å²) in [4.78, 5) is 20.8. The maximum Gasteiger partial charge on any atom is 0.421 e. The third-order valence-corrected chi connectivity index (χ3v) is 2.23. The quantitative estimate of drug-likeness (QED) is 0.431. The highest BCUT2D eigenvalue weighted by molar-refractivity contribution is 7.88. The van der Waals surface area contributed by atoms with Crippen molar-refractivity contribution in [2.24, 2.45) is 0 Å². The predicted octanol–water partition coefficient (Wildman–Crippen LogP) is -1.99. The van der Waals surface area contributed by atoms with Gasteiger partial charge in [-0.3, -0.25) is 0 Å². The molecule has 4 N–H and O–H groups in total. The largest absolute Gasteiger partial charge is 0.479 e. The first-order valence-electron chi connectivity index (χ1n) is 4.13. The number of carbonyl (C=O) groups excluding carboxylic acids is 1. The number of aliphatic hydroxyl groups is 1. The molecule has 1 amide bonds. The van der Waals surface area contributed by atoms with Gasteiger partial charge in [0.05, 0.1) is 6.61 Å². The topological polar surface area (TPSA) is 142 Å². The maximum absolute atomic E-state index is 11.0. The van der Waals surface area contributed by atoms with Gasteiger partial charge in [0, 0.05) is 6.54 Å². The Morgan fingerprint density at radius 2 is 2.00 bits per heavy atom. The van der Waals surface area contributed by atoms with E-state index in [9.17, 15) is 18.0 Å². The van der Waals surface area contributed by atoms with Crippen molar-refractivity contribution < 1.29 is 33.0 Å². The summed E-state index contributed by atoms with van der Waals surface area (Å²) >= 11 is 0. The number of rotatable bonds is 6. The molecule has 0 aromatic heterocycles. The van der Waals surface area contributed by atoms with E-state index in [0.717, 1.165) is 0 Å². The average Bonchev–Trinajstić information content (AvgIpc) is 2.13. The Balaban J connectivity index is 4.16. The Labute approximate surface area is 91.6 Å². The zero-order valence-electron chi connectivity index (χ0n) is 8.34. The molecule has 0 aliphatic carbocycles. The van der Waals surface area contributed by atoms with Gasteiger partial charge in [-0.1, -0.05) is 0 Å². The molecule has 0 bridgehead atoms. The van der Waals surface area contributed by atoms with Crippen LogP contribution in [0.5, 0.6) is 0 Å². The normalized spacial score (nSPS) is 12.9. The fourth-order valence-corrected chi connectivity index (χ4v) is 1.31. The van der Waals surface area contributed by atoms with Crippen molar-refractivity contribution in [3.63, 3.8) is 0 Å². The van der Waals surface area contributed by atoms with E-state index in [0.29, 0.717) is 0 Å². The van der Waals surface area contributed by atoms with E-state index in [1.54, 1.807) is 4.72 Å². The molecule has 0 rings (SSSR count). The molecular formula is C6H12N2O7S. The third kappa shape index (κ3) is 6.16. The van der Waals surface area contributed by atoms with Crippen molar-refractivity contribution in [3.8, 4) is 0 Å². The van der Waals surface area contributed by atoms with Gasteiger partial charge < -0.3 is 14.9 Å². The molecule has 0 aromatic rings. The molecule has 0 saturated heterocycles. The molecule has 0 unspecified atom stereocenters. The second-order valence-corrected chi connectivity index (χ2v) is 4.03. The fourth-order valence-electron chi connectivity index (χ4n) is 0.582. The molecule has 1 atom stereocenters. The number of nitrogens with one attached hydrogen (secondary N) is 2. The van der Waals surface area contributed by atoms with Crippen LogP contribution in [0, 0.1) is 0 Å². The number of ether oxygens (including phenoxy) is 1. The lowest BCUT2D eigenvalue weighted by Crippen LogP contribution is -2.44. The Morgan fingerprint density at radius 1 is 1.44 bits per heavy atom. The number of hydrogen-bond donors (Lipinski definition) is 4. The van der Waals surface area contributed by atoms with Crippen LogP contribution < -0.4 is 9.44 Å². The van der Waals surface area contributed by atoms with E-state index < -0.39 is 34.9 Å². The van der Waals surface area contributed by atoms with Gasteiger partial charge in [0.1, 0.15) is 0 Å². The SMILES string of the molecule is CCOC(=O)NS(=O)(=O)NC[C@H](O)C(=O)O. The Morgan fingerprint density at radius 3 is 2.44 bits per heavy atom. The molecule has 16 heavy (non-hydrogen) atoms. The van der Waals surface area contributed by atoms with Gasteiger partial charge in [0.25, 0.3) is 0 Å². The third-order valence-electron chi connectivity index (χ3n) is 1.24. The molecule has 9 nitrogen and oxygen atoms in total. The number of hydrogen-bond acceptors (Lipinski definition) is 6. The first-order valence-corrected chi connectivity index (χ1v) is 5.62. The molecule has 0 aromatic carbocycles. The summed E-state index contributed by atoms with van der Waals surface area (Å²) in [5.74, 6) is -1.58. The van der Waals surface area contributed by atoms with Gasteiger partial charge in [-0.15, -0.1) is 0 Å². The van der Waals surface area contributed by atoms with E-state index in [1.807, 2.05) is 0 Å². The predicted molar refractivity (Wildman–Crippen MR) is 50.7 cm³/mol. The van der Waals surface area contributed by atoms with Gasteiger partial charge in [-0.25, -0.2) is 14.3 Å². The summed E-state index contributed by atoms with van der Waals surface area (Å²) in [6.45, 7) is 0.705. The molecule has 0 fully saturated rings. The molecule has 0 radical (unpaired) electrons. The molecule has 0 aliphatic heterocycles. The fraction of sp³-hybridized carbons (Fsp3) is 0.667. The van der Waals surface area contributed by atoms with Gasteiger partial charge in [-0.2, -0.15) is 13.1 Å². The number of amides is 1. The molecule has 10 heteroatoms. The summed E-state index contributed by atoms with van der Waals surface area (Å²) in [5, 5.41) is 17.0. The van der Waals surface area contributed by atoms with Crippen LogP contribution in [-0.4, -0.2) is 49.9 Å². The summed E-state index contributed by atoms with van der Waals surface area (Å²) in [5.41, 5.74) is 0. The number of carbonyl (C=O) groups is 2. The first-order chi connectivity index (χ1) is 7.28. The van der Waals surface area contributed by atoms with Crippen molar-refractivity contribution in [2.45, 2.75) is 13.0 Å². The first kappa shape index (κ1) is 14.6. The van der Waals surface area contributed by atoms with Crippen molar-refractivity contribution >= 4 is 22.3 Å². The monoisotopic (exact) mass is 256 g/mol. The zero-order chi connectivity index (χ0) is 12.8. The molecule has 94 valence electrons. The van der Waals surface area contributed by atoms with Crippen molar-refractivity contribution in [1.82, 2.24) is 9.44 Å². The average molecular weight is 256 g/mol. The lowest BCUT2D eigenvalue weighted by Gasteiger charge is -2.09. The second-order valence-electron chi connectivity index (χ2n) is 2.53. The maximum atomic E-state index is 11.0. The van der Waals surface area contributed by atoms with Gasteiger partial charge in [0.2, 0.25) is 0 Å². The molecule has 0 heterocycles. The van der Waals surface area contributed by atoms with Gasteiger partial charge in [0.15, 0.2) is 6.10 Å². The summed E-state index contributed by atoms with van der Waals surface area (Å²) < 4.78 is 29.4. The molecule has 0 saturated carbocycles. The minimum atomic E-state index is -4.23. The van der Waals surface area contributed by atoms with Crippen LogP contribution in [0.2, 0.25) is 0 Å². The smallest absolute Gasteiger partial charge is 0.421 e. The van der Waals surface area contributed by atoms with E-state index in [4.69, 9.17) is 10.2 Å². The van der Waals surface area contributed by atoms with Crippen molar-refractivity contribution in [1.29, 1.82) is 0 Å². The summed E-state index contributed by atoms with van der Waals surface area (Å²) in [7, 11) is -4.23. The minimum absolute atomic E-state index is 0.0148. The van der Waals surface area contributed by atoms with E-state index in [2.05, 4.69) is 4.74 Å². The number of carboxylic acid groups (broad SMARTS) is 1. The van der Waals surface area contributed by atoms with Crippen LogP contribution >= 0.6 is 0 Å². The highest BCUT2D eigenvalue weighted by Gasteiger charge is 2.19. The standard InChI is InChI=1S/C6H12N2O7S/c1-2-15-6(12)8-16(13,14)7-3-4(9)5(10)11/h4,7,9H,2-3H2,1H3,(H,8,12)(H,10,11)/t4-/m0/s1. The minimum Gasteiger partial charge on any atom is -0.479 e. The number of carboxylic acids is 1. The van der Waals surface area contributed by atoms with Crippen molar-refractivity contribution in [3.05, 3.63) is 0 Å². The number of aliphatic carboxylic acids is 1. The Bertz CT molecular complexity index is 352. The van der Waals surface area contributed by atoms with E-state index in [1.165, 1.54) is 11.6 Å². The number of aliphatic hydroxyl groups excluding tert-OH is 1. The van der Waals surface area contributed by atoms with Crippen LogP contribution in [0.1, 0.15) is 6.92 Å². The molecule has 0 aliphatic rings. The second kappa shape index (κ2) is 6.25.